The Labute approximate surface area is 218 Å². The van der Waals surface area contributed by atoms with E-state index in [0.717, 1.165) is 50.1 Å². The van der Waals surface area contributed by atoms with E-state index in [1.54, 1.807) is 24.3 Å². The van der Waals surface area contributed by atoms with E-state index in [2.05, 4.69) is 29.3 Å². The van der Waals surface area contributed by atoms with Crippen molar-refractivity contribution < 1.29 is 17.9 Å². The van der Waals surface area contributed by atoms with E-state index >= 15 is 0 Å². The number of sulfone groups is 1. The molecular weight excluding hydrogens is 496 g/mol. The van der Waals surface area contributed by atoms with Crippen molar-refractivity contribution in [2.45, 2.75) is 48.4 Å². The number of nitrogens with one attached hydrogen (secondary N) is 1. The molecule has 0 spiro atoms. The topological polar surface area (TPSA) is 75.7 Å². The summed E-state index contributed by atoms with van der Waals surface area (Å²) in [4.78, 5) is 14.5. The number of rotatable bonds is 7. The van der Waals surface area contributed by atoms with Crippen LogP contribution in [0.5, 0.6) is 0 Å². The fraction of sp³-hybridized carbons (Fsp3) is 0.321. The zero-order valence-electron chi connectivity index (χ0n) is 20.5. The average Bonchev–Trinajstić information content (AvgIpc) is 2.89. The van der Waals surface area contributed by atoms with Crippen molar-refractivity contribution in [3.05, 3.63) is 88.4 Å². The minimum Gasteiger partial charge on any atom is -0.453 e. The highest BCUT2D eigenvalue weighted by Crippen LogP contribution is 2.33. The SMILES string of the molecule is CCc1ccc(NC(=O)OC)cc1C1CCN(Cc2ccc(S(=O)(=O)c3ccc(Cl)cc3)cc2)CC1. The molecule has 0 unspecified atom stereocenters. The molecule has 36 heavy (non-hydrogen) atoms. The molecule has 4 rings (SSSR count). The number of benzene rings is 3. The highest BCUT2D eigenvalue weighted by molar-refractivity contribution is 7.91. The van der Waals surface area contributed by atoms with Gasteiger partial charge in [0.2, 0.25) is 9.84 Å². The molecule has 0 atom stereocenters. The molecule has 0 aromatic heterocycles. The number of piperidine rings is 1. The maximum Gasteiger partial charge on any atom is 0.411 e. The summed E-state index contributed by atoms with van der Waals surface area (Å²) in [5.74, 6) is 0.433. The number of aryl methyl sites for hydroxylation is 1. The highest BCUT2D eigenvalue weighted by atomic mass is 35.5. The van der Waals surface area contributed by atoms with Crippen LogP contribution in [0.4, 0.5) is 10.5 Å². The summed E-state index contributed by atoms with van der Waals surface area (Å²) in [5.41, 5.74) is 4.44. The van der Waals surface area contributed by atoms with E-state index in [9.17, 15) is 13.2 Å². The molecule has 8 heteroatoms. The Morgan fingerprint density at radius 2 is 1.61 bits per heavy atom. The lowest BCUT2D eigenvalue weighted by atomic mass is 9.85. The maximum absolute atomic E-state index is 12.9. The summed E-state index contributed by atoms with van der Waals surface area (Å²) in [6, 6.07) is 19.5. The van der Waals surface area contributed by atoms with Gasteiger partial charge in [-0.25, -0.2) is 13.2 Å². The molecule has 0 aliphatic carbocycles. The quantitative estimate of drug-likeness (QED) is 0.391. The summed E-state index contributed by atoms with van der Waals surface area (Å²) in [5, 5.41) is 3.28. The van der Waals surface area contributed by atoms with Gasteiger partial charge in [-0.1, -0.05) is 36.7 Å². The summed E-state index contributed by atoms with van der Waals surface area (Å²) >= 11 is 5.89. The summed E-state index contributed by atoms with van der Waals surface area (Å²) in [6.45, 7) is 4.83. The number of anilines is 1. The third kappa shape index (κ3) is 6.09. The van der Waals surface area contributed by atoms with E-state index in [1.807, 2.05) is 18.2 Å². The average molecular weight is 527 g/mol. The van der Waals surface area contributed by atoms with Crippen LogP contribution in [0.1, 0.15) is 42.4 Å². The van der Waals surface area contributed by atoms with Crippen molar-refractivity contribution in [3.63, 3.8) is 0 Å². The first-order chi connectivity index (χ1) is 17.3. The molecule has 190 valence electrons. The number of halogens is 1. The molecule has 1 N–H and O–H groups in total. The fourth-order valence-corrected chi connectivity index (χ4v) is 6.11. The Morgan fingerprint density at radius 1 is 1.00 bits per heavy atom. The number of carbonyl (C=O) groups excluding carboxylic acids is 1. The van der Waals surface area contributed by atoms with E-state index in [1.165, 1.54) is 30.4 Å². The minimum atomic E-state index is -3.57. The van der Waals surface area contributed by atoms with E-state index in [-0.39, 0.29) is 9.79 Å². The van der Waals surface area contributed by atoms with Gasteiger partial charge in [0.15, 0.2) is 0 Å². The lowest BCUT2D eigenvalue weighted by Crippen LogP contribution is -2.32. The number of carbonyl (C=O) groups is 1. The van der Waals surface area contributed by atoms with Gasteiger partial charge in [-0.15, -0.1) is 0 Å². The first kappa shape index (κ1) is 26.2. The Bertz CT molecular complexity index is 1300. The fourth-order valence-electron chi connectivity index (χ4n) is 4.73. The molecule has 0 saturated carbocycles. The monoisotopic (exact) mass is 526 g/mol. The number of hydrogen-bond acceptors (Lipinski definition) is 5. The summed E-state index contributed by atoms with van der Waals surface area (Å²) in [7, 11) is -2.21. The Morgan fingerprint density at radius 3 is 2.19 bits per heavy atom. The maximum atomic E-state index is 12.9. The van der Waals surface area contributed by atoms with Gasteiger partial charge in [-0.2, -0.15) is 0 Å². The first-order valence-corrected chi connectivity index (χ1v) is 14.0. The molecule has 6 nitrogen and oxygen atoms in total. The summed E-state index contributed by atoms with van der Waals surface area (Å²) in [6.07, 6.45) is 2.53. The second-order valence-corrected chi connectivity index (χ2v) is 11.4. The van der Waals surface area contributed by atoms with Crippen LogP contribution in [0.2, 0.25) is 5.02 Å². The molecule has 1 aliphatic rings. The second-order valence-electron chi connectivity index (χ2n) is 9.04. The summed E-state index contributed by atoms with van der Waals surface area (Å²) < 4.78 is 30.5. The predicted octanol–water partition coefficient (Wildman–Crippen LogP) is 6.29. The molecule has 0 radical (unpaired) electrons. The second kappa shape index (κ2) is 11.5. The molecule has 1 aliphatic heterocycles. The third-order valence-corrected chi connectivity index (χ3v) is 8.79. The van der Waals surface area contributed by atoms with Crippen LogP contribution in [-0.4, -0.2) is 39.6 Å². The zero-order valence-corrected chi connectivity index (χ0v) is 22.1. The van der Waals surface area contributed by atoms with Crippen LogP contribution >= 0.6 is 11.6 Å². The van der Waals surface area contributed by atoms with Gasteiger partial charge in [0.1, 0.15) is 0 Å². The van der Waals surface area contributed by atoms with Crippen LogP contribution in [0.25, 0.3) is 0 Å². The van der Waals surface area contributed by atoms with Gasteiger partial charge in [-0.3, -0.25) is 10.2 Å². The molecule has 1 amide bonds. The van der Waals surface area contributed by atoms with Gasteiger partial charge in [0, 0.05) is 17.3 Å². The smallest absolute Gasteiger partial charge is 0.411 e. The number of hydrogen-bond donors (Lipinski definition) is 1. The largest absolute Gasteiger partial charge is 0.453 e. The third-order valence-electron chi connectivity index (χ3n) is 6.75. The molecule has 3 aromatic carbocycles. The minimum absolute atomic E-state index is 0.235. The number of ether oxygens (including phenoxy) is 1. The van der Waals surface area contributed by atoms with Gasteiger partial charge in [0.25, 0.3) is 0 Å². The standard InChI is InChI=1S/C28H31ClN2O4S/c1-3-21-6-9-24(30-28(32)35-2)18-27(21)22-14-16-31(17-15-22)19-20-4-10-25(11-5-20)36(33,34)26-12-7-23(29)8-13-26/h4-13,18,22H,3,14-17,19H2,1-2H3,(H,30,32). The van der Waals surface area contributed by atoms with Crippen molar-refractivity contribution in [2.24, 2.45) is 0 Å². The highest BCUT2D eigenvalue weighted by Gasteiger charge is 2.23. The van der Waals surface area contributed by atoms with Crippen molar-refractivity contribution in [1.82, 2.24) is 4.90 Å². The molecule has 1 fully saturated rings. The van der Waals surface area contributed by atoms with Gasteiger partial charge < -0.3 is 4.74 Å². The van der Waals surface area contributed by atoms with Gasteiger partial charge in [0.05, 0.1) is 16.9 Å². The van der Waals surface area contributed by atoms with Crippen LogP contribution in [0.15, 0.2) is 76.5 Å². The normalized spacial score (nSPS) is 15.0. The first-order valence-electron chi connectivity index (χ1n) is 12.1. The lowest BCUT2D eigenvalue weighted by Gasteiger charge is -2.33. The molecule has 3 aromatic rings. The number of amides is 1. The predicted molar refractivity (Wildman–Crippen MR) is 142 cm³/mol. The van der Waals surface area contributed by atoms with Crippen LogP contribution in [0, 0.1) is 0 Å². The van der Waals surface area contributed by atoms with Crippen LogP contribution in [0.3, 0.4) is 0 Å². The van der Waals surface area contributed by atoms with Crippen molar-refractivity contribution >= 4 is 33.2 Å². The molecular formula is C28H31ClN2O4S. The van der Waals surface area contributed by atoms with Crippen molar-refractivity contribution in [1.29, 1.82) is 0 Å². The Hall–Kier alpha value is -2.87. The Balaban J connectivity index is 1.38. The van der Waals surface area contributed by atoms with Crippen LogP contribution in [-0.2, 0) is 27.5 Å². The number of likely N-dealkylation sites (tertiary alicyclic amines) is 1. The number of nitrogens with zero attached hydrogens (tertiary/aromatic N) is 1. The molecule has 0 bridgehead atoms. The van der Waals surface area contributed by atoms with Crippen molar-refractivity contribution in [3.8, 4) is 0 Å². The lowest BCUT2D eigenvalue weighted by molar-refractivity contribution is 0.187. The Kier molecular flexibility index (Phi) is 8.34. The molecule has 1 saturated heterocycles. The van der Waals surface area contributed by atoms with Crippen LogP contribution < -0.4 is 5.32 Å². The zero-order chi connectivity index (χ0) is 25.7. The van der Waals surface area contributed by atoms with E-state index in [4.69, 9.17) is 16.3 Å². The molecule has 1 heterocycles. The van der Waals surface area contributed by atoms with Gasteiger partial charge >= 0.3 is 6.09 Å². The van der Waals surface area contributed by atoms with E-state index < -0.39 is 15.9 Å². The van der Waals surface area contributed by atoms with Gasteiger partial charge in [-0.05, 0) is 103 Å². The van der Waals surface area contributed by atoms with E-state index in [0.29, 0.717) is 10.9 Å². The number of methoxy groups -OCH3 is 1. The van der Waals surface area contributed by atoms with Crippen molar-refractivity contribution in [2.75, 3.05) is 25.5 Å².